The molecule has 0 aromatic carbocycles. The molecule has 0 aliphatic carbocycles. The number of nitrogens with one attached hydrogen (secondary N) is 1. The van der Waals surface area contributed by atoms with E-state index in [1.165, 1.54) is 27.2 Å². The zero-order valence-corrected chi connectivity index (χ0v) is 9.48. The number of esters is 1. The summed E-state index contributed by atoms with van der Waals surface area (Å²) in [5, 5.41) is 2.67. The van der Waals surface area contributed by atoms with Crippen LogP contribution in [0.3, 0.4) is 0 Å². The molecule has 16 heavy (non-hydrogen) atoms. The lowest BCUT2D eigenvalue weighted by Gasteiger charge is -2.27. The summed E-state index contributed by atoms with van der Waals surface area (Å²) in [5.74, 6) is -0.710. The minimum absolute atomic E-state index is 0.0550. The van der Waals surface area contributed by atoms with E-state index in [0.29, 0.717) is 6.42 Å². The Morgan fingerprint density at radius 3 is 2.69 bits per heavy atom. The topological polar surface area (TPSA) is 73.9 Å². The molecule has 1 rings (SSSR count). The van der Waals surface area contributed by atoms with Gasteiger partial charge in [-0.1, -0.05) is 0 Å². The van der Waals surface area contributed by atoms with Crippen LogP contribution in [-0.4, -0.2) is 38.4 Å². The summed E-state index contributed by atoms with van der Waals surface area (Å²) in [4.78, 5) is 22.2. The van der Waals surface area contributed by atoms with Crippen molar-refractivity contribution in [3.05, 3.63) is 11.8 Å². The van der Waals surface area contributed by atoms with Crippen molar-refractivity contribution in [3.63, 3.8) is 0 Å². The highest BCUT2D eigenvalue weighted by Gasteiger charge is 2.27. The summed E-state index contributed by atoms with van der Waals surface area (Å²) < 4.78 is 14.8. The minimum atomic E-state index is -0.586. The van der Waals surface area contributed by atoms with Crippen molar-refractivity contribution in [1.82, 2.24) is 5.32 Å². The number of rotatable bonds is 3. The Hall–Kier alpha value is -1.56. The van der Waals surface area contributed by atoms with Gasteiger partial charge in [0.15, 0.2) is 0 Å². The maximum atomic E-state index is 11.3. The third-order valence-corrected chi connectivity index (χ3v) is 2.10. The number of methoxy groups -OCH3 is 2. The standard InChI is InChI=1S/C10H15NO5/c1-6(12)11-7-4-8(10(13)15-3)16-9(5-7)14-2/h4,7,9H,5H2,1-3H3,(H,11,12). The van der Waals surface area contributed by atoms with E-state index in [4.69, 9.17) is 9.47 Å². The normalized spacial score (nSPS) is 24.1. The molecule has 90 valence electrons. The molecule has 2 atom stereocenters. The molecule has 0 radical (unpaired) electrons. The fourth-order valence-electron chi connectivity index (χ4n) is 1.41. The quantitative estimate of drug-likeness (QED) is 0.686. The zero-order chi connectivity index (χ0) is 12.1. The minimum Gasteiger partial charge on any atom is -0.463 e. The van der Waals surface area contributed by atoms with Gasteiger partial charge in [-0.25, -0.2) is 4.79 Å². The smallest absolute Gasteiger partial charge is 0.373 e. The van der Waals surface area contributed by atoms with Crippen molar-refractivity contribution in [1.29, 1.82) is 0 Å². The van der Waals surface area contributed by atoms with Gasteiger partial charge in [0, 0.05) is 20.5 Å². The van der Waals surface area contributed by atoms with Crippen molar-refractivity contribution >= 4 is 11.9 Å². The number of hydrogen-bond donors (Lipinski definition) is 1. The molecule has 0 bridgehead atoms. The Balaban J connectivity index is 2.77. The molecule has 0 aromatic heterocycles. The van der Waals surface area contributed by atoms with Gasteiger partial charge in [0.25, 0.3) is 0 Å². The van der Waals surface area contributed by atoms with E-state index in [9.17, 15) is 9.59 Å². The predicted octanol–water partition coefficient (Wildman–Crippen LogP) is -0.0592. The van der Waals surface area contributed by atoms with Crippen molar-refractivity contribution in [3.8, 4) is 0 Å². The van der Waals surface area contributed by atoms with Crippen LogP contribution < -0.4 is 5.32 Å². The maximum Gasteiger partial charge on any atom is 0.373 e. The first-order valence-corrected chi connectivity index (χ1v) is 4.83. The molecule has 1 aliphatic heterocycles. The van der Waals surface area contributed by atoms with Gasteiger partial charge in [-0.15, -0.1) is 0 Å². The summed E-state index contributed by atoms with van der Waals surface area (Å²) in [5.41, 5.74) is 0. The van der Waals surface area contributed by atoms with Crippen LogP contribution in [0, 0.1) is 0 Å². The zero-order valence-electron chi connectivity index (χ0n) is 9.48. The molecule has 6 heteroatoms. The maximum absolute atomic E-state index is 11.3. The lowest BCUT2D eigenvalue weighted by Crippen LogP contribution is -2.39. The Kier molecular flexibility index (Phi) is 4.30. The summed E-state index contributed by atoms with van der Waals surface area (Å²) >= 11 is 0. The molecular formula is C10H15NO5. The molecule has 0 spiro atoms. The first-order chi connectivity index (χ1) is 7.56. The summed E-state index contributed by atoms with van der Waals surface area (Å²) in [6.07, 6.45) is 1.41. The Bertz CT molecular complexity index is 312. The SMILES string of the molecule is COC(=O)C1=CC(NC(C)=O)CC(OC)O1. The van der Waals surface area contributed by atoms with Crippen molar-refractivity contribution in [2.24, 2.45) is 0 Å². The Morgan fingerprint density at radius 1 is 1.50 bits per heavy atom. The molecule has 6 nitrogen and oxygen atoms in total. The van der Waals surface area contributed by atoms with E-state index in [0.717, 1.165) is 0 Å². The number of ether oxygens (including phenoxy) is 3. The monoisotopic (exact) mass is 229 g/mol. The van der Waals surface area contributed by atoms with Gasteiger partial charge < -0.3 is 19.5 Å². The van der Waals surface area contributed by atoms with Gasteiger partial charge >= 0.3 is 5.97 Å². The van der Waals surface area contributed by atoms with Gasteiger partial charge in [-0.05, 0) is 6.08 Å². The van der Waals surface area contributed by atoms with Gasteiger partial charge in [0.1, 0.15) is 0 Å². The molecule has 0 saturated heterocycles. The molecule has 1 aliphatic rings. The second-order valence-corrected chi connectivity index (χ2v) is 3.35. The first-order valence-electron chi connectivity index (χ1n) is 4.83. The lowest BCUT2D eigenvalue weighted by atomic mass is 10.1. The van der Waals surface area contributed by atoms with E-state index in [2.05, 4.69) is 10.1 Å². The van der Waals surface area contributed by atoms with E-state index in [-0.39, 0.29) is 17.7 Å². The fourth-order valence-corrected chi connectivity index (χ4v) is 1.41. The summed E-state index contributed by atoms with van der Waals surface area (Å²) in [7, 11) is 2.73. The van der Waals surface area contributed by atoms with Crippen molar-refractivity contribution < 1.29 is 23.8 Å². The van der Waals surface area contributed by atoms with Gasteiger partial charge in [-0.3, -0.25) is 4.79 Å². The number of hydrogen-bond acceptors (Lipinski definition) is 5. The molecule has 1 N–H and O–H groups in total. The lowest BCUT2D eigenvalue weighted by molar-refractivity contribution is -0.154. The van der Waals surface area contributed by atoms with Crippen LogP contribution in [0.2, 0.25) is 0 Å². The van der Waals surface area contributed by atoms with E-state index in [1.54, 1.807) is 0 Å². The van der Waals surface area contributed by atoms with Crippen molar-refractivity contribution in [2.45, 2.75) is 25.7 Å². The van der Waals surface area contributed by atoms with Crippen LogP contribution in [0.5, 0.6) is 0 Å². The highest BCUT2D eigenvalue weighted by Crippen LogP contribution is 2.18. The molecule has 0 fully saturated rings. The number of carbonyl (C=O) groups is 2. The fraction of sp³-hybridized carbons (Fsp3) is 0.600. The van der Waals surface area contributed by atoms with Crippen molar-refractivity contribution in [2.75, 3.05) is 14.2 Å². The second kappa shape index (κ2) is 5.50. The van der Waals surface area contributed by atoms with E-state index in [1.807, 2.05) is 0 Å². The highest BCUT2D eigenvalue weighted by atomic mass is 16.7. The first kappa shape index (κ1) is 12.5. The van der Waals surface area contributed by atoms with Crippen LogP contribution in [0.15, 0.2) is 11.8 Å². The Morgan fingerprint density at radius 2 is 2.19 bits per heavy atom. The second-order valence-electron chi connectivity index (χ2n) is 3.35. The van der Waals surface area contributed by atoms with E-state index >= 15 is 0 Å². The molecule has 2 unspecified atom stereocenters. The highest BCUT2D eigenvalue weighted by molar-refractivity contribution is 5.86. The van der Waals surface area contributed by atoms with Crippen LogP contribution in [0.4, 0.5) is 0 Å². The summed E-state index contributed by atoms with van der Waals surface area (Å²) in [6, 6.07) is -0.287. The molecular weight excluding hydrogens is 214 g/mol. The van der Waals surface area contributed by atoms with Crippen LogP contribution in [-0.2, 0) is 23.8 Å². The molecule has 0 aromatic rings. The largest absolute Gasteiger partial charge is 0.463 e. The van der Waals surface area contributed by atoms with Crippen LogP contribution >= 0.6 is 0 Å². The average Bonchev–Trinajstić information content (AvgIpc) is 2.26. The van der Waals surface area contributed by atoms with Crippen LogP contribution in [0.25, 0.3) is 0 Å². The third-order valence-electron chi connectivity index (χ3n) is 2.10. The summed E-state index contributed by atoms with van der Waals surface area (Å²) in [6.45, 7) is 1.41. The molecule has 1 amide bonds. The molecule has 1 heterocycles. The predicted molar refractivity (Wildman–Crippen MR) is 54.2 cm³/mol. The van der Waals surface area contributed by atoms with Gasteiger partial charge in [-0.2, -0.15) is 0 Å². The number of amides is 1. The van der Waals surface area contributed by atoms with Gasteiger partial charge in [0.2, 0.25) is 18.0 Å². The third kappa shape index (κ3) is 3.23. The number of carbonyl (C=O) groups excluding carboxylic acids is 2. The molecule has 0 saturated carbocycles. The Labute approximate surface area is 93.5 Å². The van der Waals surface area contributed by atoms with Crippen LogP contribution in [0.1, 0.15) is 13.3 Å². The van der Waals surface area contributed by atoms with Gasteiger partial charge in [0.05, 0.1) is 13.2 Å². The average molecular weight is 229 g/mol. The van der Waals surface area contributed by atoms with E-state index < -0.39 is 12.3 Å².